The number of imide groups is 1. The summed E-state index contributed by atoms with van der Waals surface area (Å²) >= 11 is 0. The predicted octanol–water partition coefficient (Wildman–Crippen LogP) is 2.17. The van der Waals surface area contributed by atoms with Crippen LogP contribution in [0.1, 0.15) is 28.8 Å². The first kappa shape index (κ1) is 24.4. The number of furan rings is 1. The molecule has 3 amide bonds. The van der Waals surface area contributed by atoms with E-state index < -0.39 is 30.0 Å². The fourth-order valence-corrected chi connectivity index (χ4v) is 3.13. The Morgan fingerprint density at radius 3 is 2.53 bits per heavy atom. The Balaban J connectivity index is 1.86. The Kier molecular flexibility index (Phi) is 7.24. The monoisotopic (exact) mass is 471 g/mol. The molecule has 1 aliphatic rings. The van der Waals surface area contributed by atoms with Crippen molar-refractivity contribution in [1.82, 2.24) is 10.2 Å². The summed E-state index contributed by atoms with van der Waals surface area (Å²) in [5.74, 6) is -1.30. The molecule has 1 aromatic heterocycles. The summed E-state index contributed by atoms with van der Waals surface area (Å²) < 4.78 is 20.4. The lowest BCUT2D eigenvalue weighted by Gasteiger charge is -2.18. The third-order valence-electron chi connectivity index (χ3n) is 4.97. The number of urea groups is 1. The highest BCUT2D eigenvalue weighted by molar-refractivity contribution is 6.14. The Morgan fingerprint density at radius 1 is 1.15 bits per heavy atom. The summed E-state index contributed by atoms with van der Waals surface area (Å²) in [6.45, 7) is 1.36. The molecular weight excluding hydrogens is 446 g/mol. The maximum atomic E-state index is 12.9. The fourth-order valence-electron chi connectivity index (χ4n) is 3.13. The number of carbonyl (C=O) groups is 4. The summed E-state index contributed by atoms with van der Waals surface area (Å²) in [7, 11) is 6.17. The largest absolute Gasteiger partial charge is 0.478 e. The van der Waals surface area contributed by atoms with Crippen LogP contribution in [0.5, 0.6) is 5.75 Å². The van der Waals surface area contributed by atoms with E-state index in [0.29, 0.717) is 11.3 Å². The molecule has 1 saturated heterocycles. The van der Waals surface area contributed by atoms with Gasteiger partial charge in [-0.2, -0.15) is 0 Å². The molecule has 34 heavy (non-hydrogen) atoms. The van der Waals surface area contributed by atoms with Crippen LogP contribution in [-0.4, -0.2) is 63.2 Å². The van der Waals surface area contributed by atoms with Crippen molar-refractivity contribution in [3.8, 4) is 5.75 Å². The maximum Gasteiger partial charge on any atom is 0.373 e. The third-order valence-corrected chi connectivity index (χ3v) is 4.97. The topological polar surface area (TPSA) is 128 Å². The van der Waals surface area contributed by atoms with Gasteiger partial charge in [0.25, 0.3) is 5.91 Å². The second-order valence-corrected chi connectivity index (χ2v) is 7.54. The lowest BCUT2D eigenvalue weighted by Crippen LogP contribution is -2.30. The van der Waals surface area contributed by atoms with Crippen LogP contribution in [0.4, 0.5) is 10.5 Å². The number of esters is 2. The van der Waals surface area contributed by atoms with Gasteiger partial charge in [-0.1, -0.05) is 0 Å². The highest BCUT2D eigenvalue weighted by Crippen LogP contribution is 2.29. The number of hydrogen-bond acceptors (Lipinski definition) is 9. The molecule has 3 rings (SSSR count). The van der Waals surface area contributed by atoms with Crippen LogP contribution >= 0.6 is 0 Å². The van der Waals surface area contributed by atoms with Gasteiger partial charge < -0.3 is 28.8 Å². The SMILES string of the molecule is COC(=O)c1ccc(CN2C(=O)N/C(=C\c3ccc(N(C)C)cc3O[C@H](C)C(=O)OC)C2=O)o1. The third kappa shape index (κ3) is 5.20. The Labute approximate surface area is 195 Å². The Hall–Kier alpha value is -4.28. The van der Waals surface area contributed by atoms with Gasteiger partial charge in [-0.25, -0.2) is 14.4 Å². The van der Waals surface area contributed by atoms with Crippen molar-refractivity contribution in [2.24, 2.45) is 0 Å². The summed E-state index contributed by atoms with van der Waals surface area (Å²) in [5.41, 5.74) is 1.28. The molecule has 0 spiro atoms. The number of nitrogens with zero attached hydrogens (tertiary/aromatic N) is 2. The van der Waals surface area contributed by atoms with Crippen molar-refractivity contribution >= 4 is 35.6 Å². The number of methoxy groups -OCH3 is 2. The number of anilines is 1. The molecular formula is C23H25N3O8. The van der Waals surface area contributed by atoms with Crippen molar-refractivity contribution in [2.45, 2.75) is 19.6 Å². The van der Waals surface area contributed by atoms with Crippen LogP contribution in [0.25, 0.3) is 6.08 Å². The molecule has 0 radical (unpaired) electrons. The number of ether oxygens (including phenoxy) is 3. The minimum absolute atomic E-state index is 0.0120. The van der Waals surface area contributed by atoms with Crippen molar-refractivity contribution in [2.75, 3.05) is 33.2 Å². The lowest BCUT2D eigenvalue weighted by molar-refractivity contribution is -0.147. The van der Waals surface area contributed by atoms with Gasteiger partial charge in [-0.15, -0.1) is 0 Å². The standard InChI is InChI=1S/C23H25N3O8/c1-13(21(28)31-4)33-19-11-15(25(2)3)7-6-14(19)10-17-20(27)26(23(30)24-17)12-16-8-9-18(34-16)22(29)32-5/h6-11,13H,12H2,1-5H3,(H,24,30)/b17-10-/t13-/m1/s1. The van der Waals surface area contributed by atoms with E-state index >= 15 is 0 Å². The number of hydrogen-bond donors (Lipinski definition) is 1. The van der Waals surface area contributed by atoms with E-state index in [9.17, 15) is 19.2 Å². The van der Waals surface area contributed by atoms with Gasteiger partial charge >= 0.3 is 18.0 Å². The first-order valence-corrected chi connectivity index (χ1v) is 10.2. The van der Waals surface area contributed by atoms with Crippen LogP contribution in [0.3, 0.4) is 0 Å². The summed E-state index contributed by atoms with van der Waals surface area (Å²) in [6.07, 6.45) is 0.564. The average molecular weight is 471 g/mol. The number of carbonyl (C=O) groups excluding carboxylic acids is 4. The number of nitrogens with one attached hydrogen (secondary N) is 1. The molecule has 0 aliphatic carbocycles. The van der Waals surface area contributed by atoms with Crippen molar-refractivity contribution in [3.05, 3.63) is 53.1 Å². The molecule has 11 nitrogen and oxygen atoms in total. The van der Waals surface area contributed by atoms with Crippen molar-refractivity contribution < 1.29 is 37.8 Å². The second-order valence-electron chi connectivity index (χ2n) is 7.54. The van der Waals surface area contributed by atoms with Crippen LogP contribution < -0.4 is 15.0 Å². The highest BCUT2D eigenvalue weighted by atomic mass is 16.6. The van der Waals surface area contributed by atoms with E-state index in [1.165, 1.54) is 32.4 Å². The van der Waals surface area contributed by atoms with E-state index in [1.54, 1.807) is 25.1 Å². The normalized spacial score (nSPS) is 15.2. The molecule has 0 unspecified atom stereocenters. The zero-order valence-corrected chi connectivity index (χ0v) is 19.4. The van der Waals surface area contributed by atoms with Crippen LogP contribution in [0, 0.1) is 0 Å². The van der Waals surface area contributed by atoms with Gasteiger partial charge in [0.15, 0.2) is 6.10 Å². The minimum Gasteiger partial charge on any atom is -0.478 e. The average Bonchev–Trinajstić information content (AvgIpc) is 3.39. The summed E-state index contributed by atoms with van der Waals surface area (Å²) in [6, 6.07) is 7.45. The van der Waals surface area contributed by atoms with Crippen LogP contribution in [0.15, 0.2) is 40.4 Å². The number of rotatable bonds is 8. The first-order chi connectivity index (χ1) is 16.1. The molecule has 1 aromatic carbocycles. The van der Waals surface area contributed by atoms with E-state index in [1.807, 2.05) is 19.0 Å². The Morgan fingerprint density at radius 2 is 1.88 bits per heavy atom. The van der Waals surface area contributed by atoms with Gasteiger partial charge in [-0.3, -0.25) is 9.69 Å². The fraction of sp³-hybridized carbons (Fsp3) is 0.304. The quantitative estimate of drug-likeness (QED) is 0.350. The molecule has 0 bridgehead atoms. The van der Waals surface area contributed by atoms with Crippen LogP contribution in [-0.2, 0) is 25.6 Å². The van der Waals surface area contributed by atoms with E-state index in [0.717, 1.165) is 10.6 Å². The molecule has 1 N–H and O–H groups in total. The molecule has 1 fully saturated rings. The zero-order valence-electron chi connectivity index (χ0n) is 19.4. The van der Waals surface area contributed by atoms with Gasteiger partial charge in [0.1, 0.15) is 17.2 Å². The number of amides is 3. The summed E-state index contributed by atoms with van der Waals surface area (Å²) in [5, 5.41) is 2.52. The summed E-state index contributed by atoms with van der Waals surface area (Å²) in [4.78, 5) is 51.5. The highest BCUT2D eigenvalue weighted by Gasteiger charge is 2.34. The molecule has 11 heteroatoms. The molecule has 0 saturated carbocycles. The van der Waals surface area contributed by atoms with Crippen molar-refractivity contribution in [1.29, 1.82) is 0 Å². The lowest BCUT2D eigenvalue weighted by atomic mass is 10.1. The van der Waals surface area contributed by atoms with Crippen LogP contribution in [0.2, 0.25) is 0 Å². The first-order valence-electron chi connectivity index (χ1n) is 10.2. The maximum absolute atomic E-state index is 12.9. The van der Waals surface area contributed by atoms with Gasteiger partial charge in [-0.05, 0) is 37.3 Å². The number of benzene rings is 1. The second kappa shape index (κ2) is 10.1. The van der Waals surface area contributed by atoms with Crippen molar-refractivity contribution in [3.63, 3.8) is 0 Å². The molecule has 1 atom stereocenters. The molecule has 180 valence electrons. The van der Waals surface area contributed by atoms with E-state index in [2.05, 4.69) is 10.1 Å². The predicted molar refractivity (Wildman–Crippen MR) is 120 cm³/mol. The van der Waals surface area contributed by atoms with Gasteiger partial charge in [0.05, 0.1) is 20.8 Å². The molecule has 2 aromatic rings. The van der Waals surface area contributed by atoms with Gasteiger partial charge in [0.2, 0.25) is 5.76 Å². The Bertz CT molecular complexity index is 1150. The molecule has 2 heterocycles. The minimum atomic E-state index is -0.895. The van der Waals surface area contributed by atoms with E-state index in [4.69, 9.17) is 13.9 Å². The zero-order chi connectivity index (χ0) is 25.0. The molecule has 1 aliphatic heterocycles. The van der Waals surface area contributed by atoms with Gasteiger partial charge in [0, 0.05) is 31.4 Å². The smallest absolute Gasteiger partial charge is 0.373 e. The van der Waals surface area contributed by atoms with E-state index in [-0.39, 0.29) is 23.8 Å².